The number of nitrogens with one attached hydrogen (secondary N) is 1. The van der Waals surface area contributed by atoms with Crippen LogP contribution in [0, 0.1) is 0 Å². The number of aryl methyl sites for hydroxylation is 1. The SMILES string of the molecule is CCc1ccc(-c2ccc(=O)n(CC(=O)NC(c3ccccc3)c3ccccc3)n2)cc1. The van der Waals surface area contributed by atoms with Crippen LogP contribution in [-0.4, -0.2) is 15.7 Å². The summed E-state index contributed by atoms with van der Waals surface area (Å²) in [5.41, 5.74) is 4.42. The Morgan fingerprint density at radius 1 is 0.844 bits per heavy atom. The van der Waals surface area contributed by atoms with Crippen molar-refractivity contribution in [3.05, 3.63) is 124 Å². The molecule has 0 unspecified atom stereocenters. The summed E-state index contributed by atoms with van der Waals surface area (Å²) in [4.78, 5) is 25.3. The van der Waals surface area contributed by atoms with Crippen LogP contribution in [0.1, 0.15) is 29.7 Å². The van der Waals surface area contributed by atoms with Gasteiger partial charge in [-0.1, -0.05) is 91.9 Å². The molecule has 0 saturated heterocycles. The lowest BCUT2D eigenvalue weighted by Gasteiger charge is -2.20. The van der Waals surface area contributed by atoms with Crippen LogP contribution in [0.5, 0.6) is 0 Å². The quantitative estimate of drug-likeness (QED) is 0.480. The van der Waals surface area contributed by atoms with Gasteiger partial charge in [-0.2, -0.15) is 5.10 Å². The largest absolute Gasteiger partial charge is 0.344 e. The maximum atomic E-state index is 12.9. The molecule has 1 heterocycles. The first-order valence-corrected chi connectivity index (χ1v) is 10.7. The molecule has 0 spiro atoms. The van der Waals surface area contributed by atoms with Gasteiger partial charge in [0.25, 0.3) is 5.56 Å². The fourth-order valence-corrected chi connectivity index (χ4v) is 3.62. The molecule has 1 amide bonds. The molecule has 4 rings (SSSR count). The van der Waals surface area contributed by atoms with E-state index in [1.54, 1.807) is 6.07 Å². The zero-order valence-corrected chi connectivity index (χ0v) is 17.9. The Morgan fingerprint density at radius 3 is 2.00 bits per heavy atom. The topological polar surface area (TPSA) is 64.0 Å². The number of carbonyl (C=O) groups is 1. The molecule has 5 nitrogen and oxygen atoms in total. The van der Waals surface area contributed by atoms with Gasteiger partial charge in [0.2, 0.25) is 5.91 Å². The molecule has 0 saturated carbocycles. The standard InChI is InChI=1S/C27H25N3O2/c1-2-20-13-15-21(16-14-20)24-17-18-26(32)30(29-24)19-25(31)28-27(22-9-5-3-6-10-22)23-11-7-4-8-12-23/h3-18,27H,2,19H2,1H3,(H,28,31). The van der Waals surface area contributed by atoms with E-state index in [9.17, 15) is 9.59 Å². The van der Waals surface area contributed by atoms with Gasteiger partial charge in [-0.25, -0.2) is 4.68 Å². The molecular formula is C27H25N3O2. The van der Waals surface area contributed by atoms with Crippen molar-refractivity contribution < 1.29 is 4.79 Å². The van der Waals surface area contributed by atoms with Crippen LogP contribution in [-0.2, 0) is 17.8 Å². The summed E-state index contributed by atoms with van der Waals surface area (Å²) < 4.78 is 1.21. The lowest BCUT2D eigenvalue weighted by atomic mass is 9.99. The summed E-state index contributed by atoms with van der Waals surface area (Å²) in [6.45, 7) is 1.94. The molecule has 0 radical (unpaired) electrons. The first-order valence-electron chi connectivity index (χ1n) is 10.7. The summed E-state index contributed by atoms with van der Waals surface area (Å²) in [6.07, 6.45) is 0.956. The van der Waals surface area contributed by atoms with Crippen LogP contribution in [0.4, 0.5) is 0 Å². The second kappa shape index (κ2) is 9.88. The maximum Gasteiger partial charge on any atom is 0.267 e. The molecule has 1 aromatic heterocycles. The van der Waals surface area contributed by atoms with Crippen molar-refractivity contribution in [3.63, 3.8) is 0 Å². The fraction of sp³-hybridized carbons (Fsp3) is 0.148. The van der Waals surface area contributed by atoms with E-state index in [2.05, 4.69) is 17.3 Å². The lowest BCUT2D eigenvalue weighted by Crippen LogP contribution is -2.36. The fourth-order valence-electron chi connectivity index (χ4n) is 3.62. The second-order valence-electron chi connectivity index (χ2n) is 7.59. The average Bonchev–Trinajstić information content (AvgIpc) is 2.85. The molecule has 0 bridgehead atoms. The van der Waals surface area contributed by atoms with Crippen molar-refractivity contribution in [3.8, 4) is 11.3 Å². The first-order chi connectivity index (χ1) is 15.6. The Labute approximate surface area is 187 Å². The summed E-state index contributed by atoms with van der Waals surface area (Å²) in [5.74, 6) is -0.282. The number of rotatable bonds is 7. The second-order valence-corrected chi connectivity index (χ2v) is 7.59. The number of carbonyl (C=O) groups excluding carboxylic acids is 1. The van der Waals surface area contributed by atoms with Gasteiger partial charge in [0.15, 0.2) is 0 Å². The lowest BCUT2D eigenvalue weighted by molar-refractivity contribution is -0.122. The van der Waals surface area contributed by atoms with Gasteiger partial charge in [-0.3, -0.25) is 9.59 Å². The van der Waals surface area contributed by atoms with Crippen molar-refractivity contribution in [1.82, 2.24) is 15.1 Å². The van der Waals surface area contributed by atoms with E-state index >= 15 is 0 Å². The van der Waals surface area contributed by atoms with Gasteiger partial charge >= 0.3 is 0 Å². The molecular weight excluding hydrogens is 398 g/mol. The third kappa shape index (κ3) is 5.01. The Bertz CT molecular complexity index is 1190. The third-order valence-electron chi connectivity index (χ3n) is 5.39. The summed E-state index contributed by atoms with van der Waals surface area (Å²) in [7, 11) is 0. The monoisotopic (exact) mass is 423 g/mol. The highest BCUT2D eigenvalue weighted by Gasteiger charge is 2.17. The molecule has 0 fully saturated rings. The minimum Gasteiger partial charge on any atom is -0.344 e. The molecule has 0 aliphatic rings. The van der Waals surface area contributed by atoms with E-state index in [0.717, 1.165) is 23.1 Å². The highest BCUT2D eigenvalue weighted by molar-refractivity contribution is 5.76. The van der Waals surface area contributed by atoms with E-state index < -0.39 is 0 Å². The zero-order chi connectivity index (χ0) is 22.3. The van der Waals surface area contributed by atoms with Gasteiger partial charge in [0.1, 0.15) is 6.54 Å². The summed E-state index contributed by atoms with van der Waals surface area (Å²) in [5, 5.41) is 7.50. The van der Waals surface area contributed by atoms with E-state index in [0.29, 0.717) is 5.69 Å². The van der Waals surface area contributed by atoms with Gasteiger partial charge in [-0.05, 0) is 29.2 Å². The molecule has 0 atom stereocenters. The zero-order valence-electron chi connectivity index (χ0n) is 17.9. The van der Waals surface area contributed by atoms with Crippen LogP contribution in [0.2, 0.25) is 0 Å². The van der Waals surface area contributed by atoms with E-state index in [1.807, 2.05) is 84.9 Å². The van der Waals surface area contributed by atoms with Crippen LogP contribution in [0.25, 0.3) is 11.3 Å². The Morgan fingerprint density at radius 2 is 1.44 bits per heavy atom. The highest BCUT2D eigenvalue weighted by Crippen LogP contribution is 2.22. The number of hydrogen-bond acceptors (Lipinski definition) is 3. The highest BCUT2D eigenvalue weighted by atomic mass is 16.2. The van der Waals surface area contributed by atoms with E-state index in [-0.39, 0.29) is 24.1 Å². The van der Waals surface area contributed by atoms with Gasteiger partial charge in [0.05, 0.1) is 11.7 Å². The van der Waals surface area contributed by atoms with Crippen molar-refractivity contribution in [2.75, 3.05) is 0 Å². The molecule has 160 valence electrons. The van der Waals surface area contributed by atoms with Gasteiger partial charge < -0.3 is 5.32 Å². The van der Waals surface area contributed by atoms with Gasteiger partial charge in [-0.15, -0.1) is 0 Å². The van der Waals surface area contributed by atoms with Crippen molar-refractivity contribution in [1.29, 1.82) is 0 Å². The molecule has 4 aromatic rings. The first kappa shape index (κ1) is 21.2. The molecule has 5 heteroatoms. The smallest absolute Gasteiger partial charge is 0.267 e. The Balaban J connectivity index is 1.56. The molecule has 1 N–H and O–H groups in total. The van der Waals surface area contributed by atoms with E-state index in [1.165, 1.54) is 16.3 Å². The number of aromatic nitrogens is 2. The van der Waals surface area contributed by atoms with Crippen molar-refractivity contribution >= 4 is 5.91 Å². The number of amides is 1. The summed E-state index contributed by atoms with van der Waals surface area (Å²) in [6, 6.07) is 30.4. The molecule has 0 aliphatic carbocycles. The Hall–Kier alpha value is -3.99. The molecule has 3 aromatic carbocycles. The Kier molecular flexibility index (Phi) is 6.56. The number of hydrogen-bond donors (Lipinski definition) is 1. The van der Waals surface area contributed by atoms with Gasteiger partial charge in [0, 0.05) is 11.6 Å². The van der Waals surface area contributed by atoms with Crippen LogP contribution < -0.4 is 10.9 Å². The normalized spacial score (nSPS) is 10.8. The number of benzene rings is 3. The minimum atomic E-state index is -0.315. The molecule has 0 aliphatic heterocycles. The van der Waals surface area contributed by atoms with E-state index in [4.69, 9.17) is 0 Å². The predicted molar refractivity (Wildman–Crippen MR) is 126 cm³/mol. The maximum absolute atomic E-state index is 12.9. The summed E-state index contributed by atoms with van der Waals surface area (Å²) >= 11 is 0. The average molecular weight is 424 g/mol. The van der Waals surface area contributed by atoms with Crippen molar-refractivity contribution in [2.24, 2.45) is 0 Å². The molecule has 32 heavy (non-hydrogen) atoms. The number of nitrogens with zero attached hydrogens (tertiary/aromatic N) is 2. The van der Waals surface area contributed by atoms with Crippen molar-refractivity contribution in [2.45, 2.75) is 25.9 Å². The third-order valence-corrected chi connectivity index (χ3v) is 5.39. The van der Waals surface area contributed by atoms with Crippen LogP contribution in [0.15, 0.2) is 102 Å². The minimum absolute atomic E-state index is 0.157. The predicted octanol–water partition coefficient (Wildman–Crippen LogP) is 4.38. The van der Waals surface area contributed by atoms with Crippen LogP contribution >= 0.6 is 0 Å². The van der Waals surface area contributed by atoms with Crippen LogP contribution in [0.3, 0.4) is 0 Å².